The smallest absolute Gasteiger partial charge is 0.187 e. The van der Waals surface area contributed by atoms with Crippen LogP contribution in [-0.2, 0) is 4.43 Å². The van der Waals surface area contributed by atoms with Gasteiger partial charge in [-0.3, -0.25) is 0 Å². The monoisotopic (exact) mass is 258 g/mol. The highest BCUT2D eigenvalue weighted by Crippen LogP contribution is 2.22. The van der Waals surface area contributed by atoms with Crippen molar-refractivity contribution in [2.45, 2.75) is 97.4 Å². The predicted molar refractivity (Wildman–Crippen MR) is 81.1 cm³/mol. The van der Waals surface area contributed by atoms with E-state index < -0.39 is 8.32 Å². The van der Waals surface area contributed by atoms with Crippen molar-refractivity contribution in [3.8, 4) is 0 Å². The molecule has 0 aromatic carbocycles. The molecule has 0 aliphatic heterocycles. The van der Waals surface area contributed by atoms with Crippen LogP contribution in [-0.4, -0.2) is 14.4 Å². The van der Waals surface area contributed by atoms with Gasteiger partial charge in [-0.2, -0.15) is 0 Å². The van der Waals surface area contributed by atoms with Crippen LogP contribution in [0.3, 0.4) is 0 Å². The van der Waals surface area contributed by atoms with Crippen LogP contribution < -0.4 is 0 Å². The van der Waals surface area contributed by atoms with Gasteiger partial charge in [-0.15, -0.1) is 0 Å². The average molecular weight is 259 g/mol. The second-order valence-electron chi connectivity index (χ2n) is 5.89. The van der Waals surface area contributed by atoms with Gasteiger partial charge in [0.15, 0.2) is 8.32 Å². The molecule has 2 heteroatoms. The fourth-order valence-corrected chi connectivity index (χ4v) is 4.70. The SMILES string of the molecule is CCCCC(CCCC)O[Si](C)(C)CCCC. The summed E-state index contributed by atoms with van der Waals surface area (Å²) in [6.45, 7) is 11.6. The van der Waals surface area contributed by atoms with Gasteiger partial charge in [-0.05, 0) is 32.0 Å². The van der Waals surface area contributed by atoms with Crippen molar-refractivity contribution in [3.05, 3.63) is 0 Å². The Labute approximate surface area is 110 Å². The first-order valence-corrected chi connectivity index (χ1v) is 10.8. The normalized spacial score (nSPS) is 12.4. The molecule has 0 bridgehead atoms. The molecule has 0 aromatic heterocycles. The van der Waals surface area contributed by atoms with Crippen LogP contribution in [0.1, 0.15) is 72.1 Å². The third kappa shape index (κ3) is 9.84. The van der Waals surface area contributed by atoms with Gasteiger partial charge in [0.05, 0.1) is 0 Å². The zero-order valence-electron chi connectivity index (χ0n) is 12.8. The van der Waals surface area contributed by atoms with E-state index in [2.05, 4.69) is 33.9 Å². The fourth-order valence-electron chi connectivity index (χ4n) is 2.24. The van der Waals surface area contributed by atoms with Crippen LogP contribution in [0.4, 0.5) is 0 Å². The molecule has 0 saturated carbocycles. The largest absolute Gasteiger partial charge is 0.414 e. The molecule has 0 aliphatic rings. The summed E-state index contributed by atoms with van der Waals surface area (Å²) in [7, 11) is -1.39. The predicted octanol–water partition coefficient (Wildman–Crippen LogP) is 5.76. The number of hydrogen-bond acceptors (Lipinski definition) is 1. The Hall–Kier alpha value is 0.177. The Morgan fingerprint density at radius 1 is 0.824 bits per heavy atom. The van der Waals surface area contributed by atoms with E-state index in [1.807, 2.05) is 0 Å². The summed E-state index contributed by atoms with van der Waals surface area (Å²) in [4.78, 5) is 0. The second-order valence-corrected chi connectivity index (χ2v) is 10.1. The summed E-state index contributed by atoms with van der Waals surface area (Å²) >= 11 is 0. The molecule has 0 atom stereocenters. The summed E-state index contributed by atoms with van der Waals surface area (Å²) in [5, 5.41) is 0. The van der Waals surface area contributed by atoms with E-state index in [0.717, 1.165) is 0 Å². The molecule has 1 nitrogen and oxygen atoms in total. The first-order valence-electron chi connectivity index (χ1n) is 7.73. The van der Waals surface area contributed by atoms with Crippen molar-refractivity contribution >= 4 is 8.32 Å². The van der Waals surface area contributed by atoms with Gasteiger partial charge in [-0.1, -0.05) is 59.3 Å². The molecule has 0 N–H and O–H groups in total. The van der Waals surface area contributed by atoms with E-state index in [9.17, 15) is 0 Å². The summed E-state index contributed by atoms with van der Waals surface area (Å²) in [5.41, 5.74) is 0. The number of unbranched alkanes of at least 4 members (excludes halogenated alkanes) is 3. The van der Waals surface area contributed by atoms with Crippen molar-refractivity contribution < 1.29 is 4.43 Å². The van der Waals surface area contributed by atoms with Gasteiger partial charge in [0.1, 0.15) is 0 Å². The van der Waals surface area contributed by atoms with E-state index in [0.29, 0.717) is 6.10 Å². The molecule has 0 aliphatic carbocycles. The molecule has 0 radical (unpaired) electrons. The first-order chi connectivity index (χ1) is 8.05. The summed E-state index contributed by atoms with van der Waals surface area (Å²) in [6.07, 6.45) is 11.0. The Morgan fingerprint density at radius 3 is 1.71 bits per heavy atom. The van der Waals surface area contributed by atoms with Crippen molar-refractivity contribution in [1.82, 2.24) is 0 Å². The highest BCUT2D eigenvalue weighted by Gasteiger charge is 2.25. The zero-order chi connectivity index (χ0) is 13.1. The molecule has 17 heavy (non-hydrogen) atoms. The molecule has 0 spiro atoms. The van der Waals surface area contributed by atoms with Gasteiger partial charge in [0.25, 0.3) is 0 Å². The van der Waals surface area contributed by atoms with Crippen LogP contribution in [0.2, 0.25) is 19.1 Å². The minimum Gasteiger partial charge on any atom is -0.414 e. The van der Waals surface area contributed by atoms with Gasteiger partial charge in [0.2, 0.25) is 0 Å². The van der Waals surface area contributed by atoms with Gasteiger partial charge in [0, 0.05) is 6.10 Å². The van der Waals surface area contributed by atoms with E-state index in [4.69, 9.17) is 4.43 Å². The Kier molecular flexibility index (Phi) is 10.2. The lowest BCUT2D eigenvalue weighted by atomic mass is 10.1. The van der Waals surface area contributed by atoms with Crippen molar-refractivity contribution in [1.29, 1.82) is 0 Å². The number of hydrogen-bond donors (Lipinski definition) is 0. The average Bonchev–Trinajstić information content (AvgIpc) is 2.30. The van der Waals surface area contributed by atoms with E-state index in [1.165, 1.54) is 57.4 Å². The van der Waals surface area contributed by atoms with Crippen molar-refractivity contribution in [3.63, 3.8) is 0 Å². The molecule has 0 unspecified atom stereocenters. The van der Waals surface area contributed by atoms with Gasteiger partial charge in [-0.25, -0.2) is 0 Å². The van der Waals surface area contributed by atoms with Crippen molar-refractivity contribution in [2.75, 3.05) is 0 Å². The van der Waals surface area contributed by atoms with E-state index >= 15 is 0 Å². The summed E-state index contributed by atoms with van der Waals surface area (Å²) in [6, 6.07) is 1.33. The highest BCUT2D eigenvalue weighted by molar-refractivity contribution is 6.71. The summed E-state index contributed by atoms with van der Waals surface area (Å²) in [5.74, 6) is 0. The molecule has 0 rings (SSSR count). The highest BCUT2D eigenvalue weighted by atomic mass is 28.4. The van der Waals surface area contributed by atoms with E-state index in [1.54, 1.807) is 0 Å². The Morgan fingerprint density at radius 2 is 1.29 bits per heavy atom. The molecular formula is C15H34OSi. The minimum atomic E-state index is -1.39. The standard InChI is InChI=1S/C15H34OSi/c1-6-9-12-15(13-10-7-2)16-17(4,5)14-11-8-3/h15H,6-14H2,1-5H3. The van der Waals surface area contributed by atoms with Crippen LogP contribution in [0.5, 0.6) is 0 Å². The third-order valence-electron chi connectivity index (χ3n) is 3.38. The molecular weight excluding hydrogens is 224 g/mol. The second kappa shape index (κ2) is 10.1. The maximum Gasteiger partial charge on any atom is 0.187 e. The lowest BCUT2D eigenvalue weighted by Crippen LogP contribution is -2.35. The first kappa shape index (κ1) is 17.2. The molecule has 0 heterocycles. The van der Waals surface area contributed by atoms with Crippen LogP contribution in [0, 0.1) is 0 Å². The molecule has 0 aromatic rings. The topological polar surface area (TPSA) is 9.23 Å². The maximum absolute atomic E-state index is 6.48. The van der Waals surface area contributed by atoms with Crippen LogP contribution in [0.15, 0.2) is 0 Å². The zero-order valence-corrected chi connectivity index (χ0v) is 13.8. The van der Waals surface area contributed by atoms with Crippen LogP contribution in [0.25, 0.3) is 0 Å². The minimum absolute atomic E-state index is 0.549. The maximum atomic E-state index is 6.48. The lowest BCUT2D eigenvalue weighted by Gasteiger charge is -2.29. The van der Waals surface area contributed by atoms with Crippen LogP contribution >= 0.6 is 0 Å². The molecule has 0 fully saturated rings. The Bertz CT molecular complexity index is 160. The molecule has 104 valence electrons. The Balaban J connectivity index is 4.08. The number of rotatable bonds is 11. The fraction of sp³-hybridized carbons (Fsp3) is 1.00. The summed E-state index contributed by atoms with van der Waals surface area (Å²) < 4.78 is 6.48. The van der Waals surface area contributed by atoms with Gasteiger partial charge >= 0.3 is 0 Å². The van der Waals surface area contributed by atoms with Gasteiger partial charge < -0.3 is 4.43 Å². The lowest BCUT2D eigenvalue weighted by molar-refractivity contribution is 0.164. The molecule has 0 amide bonds. The third-order valence-corrected chi connectivity index (χ3v) is 5.91. The van der Waals surface area contributed by atoms with Crippen molar-refractivity contribution in [2.24, 2.45) is 0 Å². The quantitative estimate of drug-likeness (QED) is 0.428. The molecule has 0 saturated heterocycles. The van der Waals surface area contributed by atoms with E-state index in [-0.39, 0.29) is 0 Å².